The number of nitrogens with one attached hydrogen (secondary N) is 1. The normalized spacial score (nSPS) is 17.9. The molecule has 0 aromatic heterocycles. The summed E-state index contributed by atoms with van der Waals surface area (Å²) in [4.78, 5) is 6.21. The highest BCUT2D eigenvalue weighted by atomic mass is 15.2. The van der Waals surface area contributed by atoms with Gasteiger partial charge in [-0.15, -0.1) is 0 Å². The van der Waals surface area contributed by atoms with Crippen molar-refractivity contribution in [1.29, 1.82) is 0 Å². The second-order valence-corrected chi connectivity index (χ2v) is 5.99. The number of allylic oxidation sites excluding steroid dienone is 2. The van der Waals surface area contributed by atoms with Crippen LogP contribution in [-0.4, -0.2) is 24.3 Å². The van der Waals surface area contributed by atoms with E-state index in [1.54, 1.807) is 6.21 Å². The summed E-state index contributed by atoms with van der Waals surface area (Å²) in [6, 6.07) is 0. The number of aliphatic imine (C=N–C) groups is 1. The fraction of sp³-hybridized carbons (Fsp3) is 0.588. The van der Waals surface area contributed by atoms with Crippen LogP contribution in [0.4, 0.5) is 0 Å². The molecule has 0 amide bonds. The molecule has 0 bridgehead atoms. The fourth-order valence-electron chi connectivity index (χ4n) is 2.22. The Morgan fingerprint density at radius 3 is 2.62 bits per heavy atom. The van der Waals surface area contributed by atoms with Crippen LogP contribution in [0.15, 0.2) is 41.4 Å². The van der Waals surface area contributed by atoms with Crippen LogP contribution in [0.25, 0.3) is 0 Å². The van der Waals surface area contributed by atoms with Gasteiger partial charge in [-0.2, -0.15) is 0 Å². The van der Waals surface area contributed by atoms with Crippen molar-refractivity contribution in [2.24, 2.45) is 16.6 Å². The van der Waals surface area contributed by atoms with Crippen molar-refractivity contribution < 1.29 is 0 Å². The molecule has 1 aliphatic carbocycles. The average Bonchev–Trinajstić information content (AvgIpc) is 2.49. The summed E-state index contributed by atoms with van der Waals surface area (Å²) in [6.45, 7) is 7.86. The van der Waals surface area contributed by atoms with E-state index in [9.17, 15) is 0 Å². The van der Waals surface area contributed by atoms with E-state index in [0.717, 1.165) is 0 Å². The lowest BCUT2D eigenvalue weighted by molar-refractivity contribution is 0.391. The molecule has 4 nitrogen and oxygen atoms in total. The highest BCUT2D eigenvalue weighted by Crippen LogP contribution is 2.24. The quantitative estimate of drug-likeness (QED) is 0.558. The molecule has 1 saturated carbocycles. The molecule has 0 radical (unpaired) electrons. The lowest BCUT2D eigenvalue weighted by Crippen LogP contribution is -2.37. The summed E-state index contributed by atoms with van der Waals surface area (Å²) in [5.74, 6) is 1.30. The van der Waals surface area contributed by atoms with Crippen LogP contribution in [0, 0.1) is 5.92 Å². The van der Waals surface area contributed by atoms with Gasteiger partial charge in [-0.1, -0.05) is 37.5 Å². The van der Waals surface area contributed by atoms with Crippen molar-refractivity contribution in [2.45, 2.75) is 52.1 Å². The van der Waals surface area contributed by atoms with E-state index in [-0.39, 0.29) is 6.17 Å². The molecule has 1 rings (SSSR count). The van der Waals surface area contributed by atoms with Gasteiger partial charge in [0.15, 0.2) is 0 Å². The highest BCUT2D eigenvalue weighted by molar-refractivity contribution is 5.64. The predicted molar refractivity (Wildman–Crippen MR) is 91.7 cm³/mol. The summed E-state index contributed by atoms with van der Waals surface area (Å²) < 4.78 is 0. The van der Waals surface area contributed by atoms with Crippen LogP contribution in [0.3, 0.4) is 0 Å². The third-order valence-electron chi connectivity index (χ3n) is 3.62. The monoisotopic (exact) mass is 290 g/mol. The van der Waals surface area contributed by atoms with Crippen LogP contribution in [0.5, 0.6) is 0 Å². The van der Waals surface area contributed by atoms with Crippen LogP contribution in [0.2, 0.25) is 0 Å². The number of hydrogen-bond acceptors (Lipinski definition) is 4. The SMILES string of the molecule is C=C(N=CC(N)N(C)/C=C/C1CCCCC1)NC=C(C)C. The largest absolute Gasteiger partial charge is 0.361 e. The molecule has 0 aromatic rings. The van der Waals surface area contributed by atoms with Gasteiger partial charge in [0, 0.05) is 19.5 Å². The minimum absolute atomic E-state index is 0.241. The van der Waals surface area contributed by atoms with Gasteiger partial charge < -0.3 is 16.0 Å². The third-order valence-corrected chi connectivity index (χ3v) is 3.62. The maximum Gasteiger partial charge on any atom is 0.122 e. The standard InChI is InChI=1S/C17H30N4/c1-14(2)12-19-15(3)20-13-17(18)21(4)11-10-16-8-6-5-7-9-16/h10-13,16-17,19H,3,5-9,18H2,1-2,4H3/b11-10+,20-13?. The van der Waals surface area contributed by atoms with Crippen LogP contribution >= 0.6 is 0 Å². The van der Waals surface area contributed by atoms with Gasteiger partial charge in [-0.05, 0) is 38.8 Å². The highest BCUT2D eigenvalue weighted by Gasteiger charge is 2.10. The van der Waals surface area contributed by atoms with E-state index in [2.05, 4.69) is 29.2 Å². The molecule has 118 valence electrons. The zero-order chi connectivity index (χ0) is 15.7. The summed E-state index contributed by atoms with van der Waals surface area (Å²) in [5, 5.41) is 3.01. The Hall–Kier alpha value is -1.55. The van der Waals surface area contributed by atoms with E-state index in [1.807, 2.05) is 32.0 Å². The van der Waals surface area contributed by atoms with Crippen LogP contribution < -0.4 is 11.1 Å². The Morgan fingerprint density at radius 1 is 1.33 bits per heavy atom. The minimum Gasteiger partial charge on any atom is -0.361 e. The molecule has 0 heterocycles. The number of nitrogens with two attached hydrogens (primary N) is 1. The molecular weight excluding hydrogens is 260 g/mol. The smallest absolute Gasteiger partial charge is 0.122 e. The second-order valence-electron chi connectivity index (χ2n) is 5.99. The first-order valence-electron chi connectivity index (χ1n) is 7.78. The summed E-state index contributed by atoms with van der Waals surface area (Å²) in [7, 11) is 1.97. The molecule has 0 aromatic carbocycles. The molecule has 0 spiro atoms. The molecule has 0 saturated heterocycles. The molecular formula is C17H30N4. The zero-order valence-electron chi connectivity index (χ0n) is 13.7. The van der Waals surface area contributed by atoms with Crippen molar-refractivity contribution in [3.05, 3.63) is 36.4 Å². The molecule has 1 aliphatic rings. The number of nitrogens with zero attached hydrogens (tertiary/aromatic N) is 2. The first-order valence-corrected chi connectivity index (χ1v) is 7.78. The molecule has 21 heavy (non-hydrogen) atoms. The van der Waals surface area contributed by atoms with Crippen molar-refractivity contribution in [3.63, 3.8) is 0 Å². The van der Waals surface area contributed by atoms with Gasteiger partial charge in [0.05, 0.1) is 0 Å². The Labute approximate surface area is 129 Å². The van der Waals surface area contributed by atoms with E-state index in [1.165, 1.54) is 37.7 Å². The van der Waals surface area contributed by atoms with E-state index >= 15 is 0 Å². The summed E-state index contributed by atoms with van der Waals surface area (Å²) in [6.07, 6.45) is 14.4. The lowest BCUT2D eigenvalue weighted by Gasteiger charge is -2.22. The zero-order valence-corrected chi connectivity index (χ0v) is 13.7. The molecule has 3 N–H and O–H groups in total. The van der Waals surface area contributed by atoms with Gasteiger partial charge in [-0.3, -0.25) is 0 Å². The summed E-state index contributed by atoms with van der Waals surface area (Å²) in [5.41, 5.74) is 7.25. The molecule has 1 atom stereocenters. The number of rotatable bonds is 7. The first-order chi connectivity index (χ1) is 9.99. The van der Waals surface area contributed by atoms with Gasteiger partial charge in [-0.25, -0.2) is 4.99 Å². The van der Waals surface area contributed by atoms with Gasteiger partial charge in [0.1, 0.15) is 12.0 Å². The molecule has 1 fully saturated rings. The molecule has 0 aliphatic heterocycles. The van der Waals surface area contributed by atoms with E-state index < -0.39 is 0 Å². The molecule has 1 unspecified atom stereocenters. The van der Waals surface area contributed by atoms with Crippen LogP contribution in [0.1, 0.15) is 46.0 Å². The Morgan fingerprint density at radius 2 is 2.00 bits per heavy atom. The van der Waals surface area contributed by atoms with Gasteiger partial charge in [0.25, 0.3) is 0 Å². The van der Waals surface area contributed by atoms with Crippen LogP contribution in [-0.2, 0) is 0 Å². The lowest BCUT2D eigenvalue weighted by atomic mass is 9.89. The maximum absolute atomic E-state index is 6.08. The fourth-order valence-corrected chi connectivity index (χ4v) is 2.22. The minimum atomic E-state index is -0.241. The van der Waals surface area contributed by atoms with Crippen molar-refractivity contribution >= 4 is 6.21 Å². The molecule has 4 heteroatoms. The first kappa shape index (κ1) is 17.5. The topological polar surface area (TPSA) is 53.6 Å². The average molecular weight is 290 g/mol. The Bertz CT molecular complexity index is 399. The summed E-state index contributed by atoms with van der Waals surface area (Å²) >= 11 is 0. The third kappa shape index (κ3) is 7.71. The van der Waals surface area contributed by atoms with Crippen molar-refractivity contribution in [1.82, 2.24) is 10.2 Å². The second kappa shape index (κ2) is 9.40. The number of hydrogen-bond donors (Lipinski definition) is 2. The Kier molecular flexibility index (Phi) is 7.83. The van der Waals surface area contributed by atoms with Gasteiger partial charge in [0.2, 0.25) is 0 Å². The van der Waals surface area contributed by atoms with Crippen molar-refractivity contribution in [3.8, 4) is 0 Å². The van der Waals surface area contributed by atoms with E-state index in [4.69, 9.17) is 5.73 Å². The predicted octanol–water partition coefficient (Wildman–Crippen LogP) is 3.35. The van der Waals surface area contributed by atoms with Crippen molar-refractivity contribution in [2.75, 3.05) is 7.05 Å². The Balaban J connectivity index is 2.38. The maximum atomic E-state index is 6.08. The van der Waals surface area contributed by atoms with Gasteiger partial charge >= 0.3 is 0 Å². The van der Waals surface area contributed by atoms with E-state index in [0.29, 0.717) is 11.7 Å².